The number of rotatable bonds is 3. The molecule has 15 heavy (non-hydrogen) atoms. The van der Waals surface area contributed by atoms with Gasteiger partial charge in [-0.1, -0.05) is 41.9 Å². The largest absolute Gasteiger partial charge is 0.229 e. The topological polar surface area (TPSA) is 60.2 Å². The molecule has 84 valence electrons. The van der Waals surface area contributed by atoms with Gasteiger partial charge in [0, 0.05) is 9.89 Å². The summed E-state index contributed by atoms with van der Waals surface area (Å²) >= 11 is 3.35. The average molecular weight is 292 g/mol. The summed E-state index contributed by atoms with van der Waals surface area (Å²) in [6, 6.07) is 7.59. The molecule has 0 amide bonds. The first-order chi connectivity index (χ1) is 6.71. The zero-order valence-electron chi connectivity index (χ0n) is 8.70. The summed E-state index contributed by atoms with van der Waals surface area (Å²) in [7, 11) is -3.46. The van der Waals surface area contributed by atoms with Gasteiger partial charge < -0.3 is 0 Å². The minimum atomic E-state index is -3.46. The van der Waals surface area contributed by atoms with Gasteiger partial charge >= 0.3 is 0 Å². The van der Waals surface area contributed by atoms with Crippen LogP contribution in [0.3, 0.4) is 0 Å². The van der Waals surface area contributed by atoms with Crippen LogP contribution in [0.15, 0.2) is 28.7 Å². The van der Waals surface area contributed by atoms with Gasteiger partial charge in [0.25, 0.3) is 0 Å². The maximum atomic E-state index is 11.1. The molecule has 0 heterocycles. The molecule has 0 aliphatic heterocycles. The fraction of sp³-hybridized carbons (Fsp3) is 0.400. The Labute approximate surface area is 98.9 Å². The van der Waals surface area contributed by atoms with Gasteiger partial charge in [0.15, 0.2) is 0 Å². The van der Waals surface area contributed by atoms with Crippen molar-refractivity contribution in [2.24, 2.45) is 5.14 Å². The van der Waals surface area contributed by atoms with E-state index in [4.69, 9.17) is 5.14 Å². The molecule has 0 aliphatic carbocycles. The molecule has 3 nitrogen and oxygen atoms in total. The average Bonchev–Trinajstić information content (AvgIpc) is 1.99. The number of hydrogen-bond acceptors (Lipinski definition) is 2. The van der Waals surface area contributed by atoms with Gasteiger partial charge in [-0.25, -0.2) is 13.6 Å². The van der Waals surface area contributed by atoms with Crippen LogP contribution in [0.2, 0.25) is 0 Å². The highest BCUT2D eigenvalue weighted by Gasteiger charge is 2.26. The predicted octanol–water partition coefficient (Wildman–Crippen LogP) is 2.02. The maximum absolute atomic E-state index is 11.1. The molecule has 0 aliphatic rings. The van der Waals surface area contributed by atoms with Crippen LogP contribution < -0.4 is 5.14 Å². The van der Waals surface area contributed by atoms with Gasteiger partial charge in [-0.2, -0.15) is 0 Å². The standard InChI is InChI=1S/C10H14BrNO2S/c1-10(2,7-15(12,13)14)8-4-3-5-9(11)6-8/h3-6H,7H2,1-2H3,(H2,12,13,14). The number of halogens is 1. The van der Waals surface area contributed by atoms with Crippen LogP contribution in [-0.4, -0.2) is 14.2 Å². The highest BCUT2D eigenvalue weighted by molar-refractivity contribution is 9.10. The monoisotopic (exact) mass is 291 g/mol. The second kappa shape index (κ2) is 4.23. The zero-order valence-corrected chi connectivity index (χ0v) is 11.1. The number of hydrogen-bond donors (Lipinski definition) is 1. The normalized spacial score (nSPS) is 12.8. The van der Waals surface area contributed by atoms with E-state index in [-0.39, 0.29) is 5.75 Å². The Kier molecular flexibility index (Phi) is 3.58. The number of primary sulfonamides is 1. The molecular formula is C10H14BrNO2S. The van der Waals surface area contributed by atoms with Crippen LogP contribution in [0, 0.1) is 0 Å². The number of benzene rings is 1. The third-order valence-electron chi connectivity index (χ3n) is 2.17. The van der Waals surface area contributed by atoms with Crippen molar-refractivity contribution in [2.45, 2.75) is 19.3 Å². The van der Waals surface area contributed by atoms with Crippen molar-refractivity contribution in [1.29, 1.82) is 0 Å². The first kappa shape index (κ1) is 12.7. The van der Waals surface area contributed by atoms with Crippen LogP contribution in [-0.2, 0) is 15.4 Å². The van der Waals surface area contributed by atoms with E-state index in [1.807, 2.05) is 38.1 Å². The van der Waals surface area contributed by atoms with Crippen molar-refractivity contribution < 1.29 is 8.42 Å². The van der Waals surface area contributed by atoms with Crippen LogP contribution in [0.1, 0.15) is 19.4 Å². The van der Waals surface area contributed by atoms with Crippen LogP contribution >= 0.6 is 15.9 Å². The molecule has 0 saturated carbocycles. The summed E-state index contributed by atoms with van der Waals surface area (Å²) in [5, 5.41) is 5.06. The summed E-state index contributed by atoms with van der Waals surface area (Å²) in [6.45, 7) is 3.72. The van der Waals surface area contributed by atoms with Crippen LogP contribution in [0.25, 0.3) is 0 Å². The minimum Gasteiger partial charge on any atom is -0.229 e. The van der Waals surface area contributed by atoms with Gasteiger partial charge in [0.2, 0.25) is 10.0 Å². The summed E-state index contributed by atoms with van der Waals surface area (Å²) in [6.07, 6.45) is 0. The molecule has 0 atom stereocenters. The van der Waals surface area contributed by atoms with Gasteiger partial charge in [0.1, 0.15) is 0 Å². The molecule has 0 bridgehead atoms. The third-order valence-corrected chi connectivity index (χ3v) is 3.79. The first-order valence-electron chi connectivity index (χ1n) is 4.47. The summed E-state index contributed by atoms with van der Waals surface area (Å²) in [4.78, 5) is 0. The third kappa shape index (κ3) is 3.93. The van der Waals surface area contributed by atoms with Crippen LogP contribution in [0.5, 0.6) is 0 Å². The zero-order chi connectivity index (χ0) is 11.7. The predicted molar refractivity (Wildman–Crippen MR) is 65.1 cm³/mol. The number of nitrogens with two attached hydrogens (primary N) is 1. The second-order valence-corrected chi connectivity index (χ2v) is 6.73. The van der Waals surface area contributed by atoms with Crippen LogP contribution in [0.4, 0.5) is 0 Å². The molecule has 0 spiro atoms. The van der Waals surface area contributed by atoms with Crippen molar-refractivity contribution in [3.63, 3.8) is 0 Å². The summed E-state index contributed by atoms with van der Waals surface area (Å²) in [5.41, 5.74) is 0.475. The molecule has 0 radical (unpaired) electrons. The molecule has 1 rings (SSSR count). The molecule has 1 aromatic carbocycles. The molecule has 0 unspecified atom stereocenters. The fourth-order valence-corrected chi connectivity index (χ4v) is 3.07. The molecular weight excluding hydrogens is 278 g/mol. The van der Waals surface area contributed by atoms with E-state index in [0.29, 0.717) is 0 Å². The summed E-state index contributed by atoms with van der Waals surface area (Å²) in [5.74, 6) is -0.0591. The second-order valence-electron chi connectivity index (χ2n) is 4.20. The lowest BCUT2D eigenvalue weighted by atomic mass is 9.87. The van der Waals surface area contributed by atoms with Crippen molar-refractivity contribution in [3.8, 4) is 0 Å². The highest BCUT2D eigenvalue weighted by Crippen LogP contribution is 2.26. The Morgan fingerprint density at radius 3 is 2.47 bits per heavy atom. The molecule has 1 aromatic rings. The van der Waals surface area contributed by atoms with E-state index in [0.717, 1.165) is 10.0 Å². The SMILES string of the molecule is CC(C)(CS(N)(=O)=O)c1cccc(Br)c1. The first-order valence-corrected chi connectivity index (χ1v) is 6.98. The lowest BCUT2D eigenvalue weighted by molar-refractivity contribution is 0.549. The summed E-state index contributed by atoms with van der Waals surface area (Å²) < 4.78 is 23.1. The van der Waals surface area contributed by atoms with Crippen molar-refractivity contribution in [2.75, 3.05) is 5.75 Å². The van der Waals surface area contributed by atoms with Crippen molar-refractivity contribution in [3.05, 3.63) is 34.3 Å². The Morgan fingerprint density at radius 2 is 2.00 bits per heavy atom. The Morgan fingerprint density at radius 1 is 1.40 bits per heavy atom. The fourth-order valence-electron chi connectivity index (χ4n) is 1.50. The smallest absolute Gasteiger partial charge is 0.209 e. The van der Waals surface area contributed by atoms with E-state index < -0.39 is 15.4 Å². The van der Waals surface area contributed by atoms with E-state index >= 15 is 0 Å². The van der Waals surface area contributed by atoms with E-state index in [1.54, 1.807) is 0 Å². The Bertz CT molecular complexity index is 454. The minimum absolute atomic E-state index is 0.0591. The van der Waals surface area contributed by atoms with Gasteiger partial charge in [0.05, 0.1) is 5.75 Å². The van der Waals surface area contributed by atoms with Crippen molar-refractivity contribution in [1.82, 2.24) is 0 Å². The molecule has 0 fully saturated rings. The highest BCUT2D eigenvalue weighted by atomic mass is 79.9. The Balaban J connectivity index is 3.06. The molecule has 5 heteroatoms. The lowest BCUT2D eigenvalue weighted by Gasteiger charge is -2.24. The lowest BCUT2D eigenvalue weighted by Crippen LogP contribution is -2.32. The van der Waals surface area contributed by atoms with E-state index in [2.05, 4.69) is 15.9 Å². The van der Waals surface area contributed by atoms with Gasteiger partial charge in [-0.15, -0.1) is 0 Å². The van der Waals surface area contributed by atoms with E-state index in [9.17, 15) is 8.42 Å². The van der Waals surface area contributed by atoms with Gasteiger partial charge in [-0.05, 0) is 17.7 Å². The molecule has 0 aromatic heterocycles. The van der Waals surface area contributed by atoms with Crippen molar-refractivity contribution >= 4 is 26.0 Å². The number of sulfonamides is 1. The van der Waals surface area contributed by atoms with Gasteiger partial charge in [-0.3, -0.25) is 0 Å². The molecule has 2 N–H and O–H groups in total. The van der Waals surface area contributed by atoms with E-state index in [1.165, 1.54) is 0 Å². The quantitative estimate of drug-likeness (QED) is 0.926. The Hall–Kier alpha value is -0.390. The molecule has 0 saturated heterocycles. The maximum Gasteiger partial charge on any atom is 0.209 e.